The van der Waals surface area contributed by atoms with Gasteiger partial charge in [0, 0.05) is 38.8 Å². The standard InChI is InChI=1S/C21H31N3O3/c1-15-11-18(20(25)26)14-24(12-15)21(27)22-19-7-9-23(10-8-19)13-17-6-4-3-5-16(17)2/h3-6,15,18-19H,7-14H2,1-2H3,(H,22,27)(H,25,26). The smallest absolute Gasteiger partial charge is 0.317 e. The zero-order valence-electron chi connectivity index (χ0n) is 16.4. The van der Waals surface area contributed by atoms with Gasteiger partial charge in [0.2, 0.25) is 0 Å². The number of carbonyl (C=O) groups excluding carboxylic acids is 1. The topological polar surface area (TPSA) is 72.9 Å². The molecule has 3 rings (SSSR count). The second kappa shape index (κ2) is 8.74. The average Bonchev–Trinajstić information content (AvgIpc) is 2.64. The first kappa shape index (κ1) is 19.7. The molecule has 2 saturated heterocycles. The fraction of sp³-hybridized carbons (Fsp3) is 0.619. The van der Waals surface area contributed by atoms with Gasteiger partial charge >= 0.3 is 12.0 Å². The van der Waals surface area contributed by atoms with Crippen molar-refractivity contribution in [2.24, 2.45) is 11.8 Å². The first-order valence-electron chi connectivity index (χ1n) is 9.97. The lowest BCUT2D eigenvalue weighted by atomic mass is 9.91. The van der Waals surface area contributed by atoms with Crippen molar-refractivity contribution in [3.8, 4) is 0 Å². The van der Waals surface area contributed by atoms with E-state index in [0.29, 0.717) is 19.5 Å². The Balaban J connectivity index is 1.46. The molecule has 1 aromatic rings. The number of carboxylic acid groups (broad SMARTS) is 1. The lowest BCUT2D eigenvalue weighted by Crippen LogP contribution is -2.53. The summed E-state index contributed by atoms with van der Waals surface area (Å²) in [7, 11) is 0. The van der Waals surface area contributed by atoms with Crippen molar-refractivity contribution in [3.63, 3.8) is 0 Å². The highest BCUT2D eigenvalue weighted by atomic mass is 16.4. The van der Waals surface area contributed by atoms with Gasteiger partial charge < -0.3 is 15.3 Å². The highest BCUT2D eigenvalue weighted by molar-refractivity contribution is 5.76. The van der Waals surface area contributed by atoms with Crippen LogP contribution in [0, 0.1) is 18.8 Å². The van der Waals surface area contributed by atoms with E-state index in [4.69, 9.17) is 0 Å². The van der Waals surface area contributed by atoms with Crippen LogP contribution in [0.4, 0.5) is 4.79 Å². The number of likely N-dealkylation sites (tertiary alicyclic amines) is 2. The molecule has 2 aliphatic heterocycles. The lowest BCUT2D eigenvalue weighted by molar-refractivity contribution is -0.143. The Morgan fingerprint density at radius 2 is 1.89 bits per heavy atom. The number of carbonyl (C=O) groups is 2. The Hall–Kier alpha value is -2.08. The minimum atomic E-state index is -0.802. The van der Waals surface area contributed by atoms with Crippen LogP contribution in [0.15, 0.2) is 24.3 Å². The van der Waals surface area contributed by atoms with Gasteiger partial charge in [-0.1, -0.05) is 31.2 Å². The van der Waals surface area contributed by atoms with Crippen molar-refractivity contribution < 1.29 is 14.7 Å². The molecular weight excluding hydrogens is 342 g/mol. The summed E-state index contributed by atoms with van der Waals surface area (Å²) in [6, 6.07) is 8.54. The fourth-order valence-electron chi connectivity index (χ4n) is 4.23. The first-order chi connectivity index (χ1) is 12.9. The molecule has 0 spiro atoms. The number of amides is 2. The number of urea groups is 1. The van der Waals surface area contributed by atoms with E-state index in [1.54, 1.807) is 4.90 Å². The molecule has 0 bridgehead atoms. The summed E-state index contributed by atoms with van der Waals surface area (Å²) in [5.74, 6) is -1.03. The van der Waals surface area contributed by atoms with Crippen LogP contribution in [0.1, 0.15) is 37.3 Å². The van der Waals surface area contributed by atoms with Crippen LogP contribution in [-0.4, -0.2) is 59.1 Å². The molecule has 2 aliphatic rings. The average molecular weight is 373 g/mol. The van der Waals surface area contributed by atoms with Gasteiger partial charge in [0.1, 0.15) is 0 Å². The molecule has 6 nitrogen and oxygen atoms in total. The third kappa shape index (κ3) is 5.22. The summed E-state index contributed by atoms with van der Waals surface area (Å²) < 4.78 is 0. The summed E-state index contributed by atoms with van der Waals surface area (Å²) in [5, 5.41) is 12.4. The second-order valence-corrected chi connectivity index (χ2v) is 8.21. The monoisotopic (exact) mass is 373 g/mol. The Bertz CT molecular complexity index is 670. The minimum Gasteiger partial charge on any atom is -0.481 e. The third-order valence-corrected chi connectivity index (χ3v) is 5.87. The number of aliphatic carboxylic acids is 1. The number of nitrogens with zero attached hydrogens (tertiary/aromatic N) is 2. The van der Waals surface area contributed by atoms with Crippen LogP contribution in [0.25, 0.3) is 0 Å². The van der Waals surface area contributed by atoms with Gasteiger partial charge in [0.25, 0.3) is 0 Å². The van der Waals surface area contributed by atoms with Gasteiger partial charge in [-0.3, -0.25) is 9.69 Å². The maximum Gasteiger partial charge on any atom is 0.317 e. The third-order valence-electron chi connectivity index (χ3n) is 5.87. The maximum absolute atomic E-state index is 12.6. The zero-order valence-corrected chi connectivity index (χ0v) is 16.4. The Morgan fingerprint density at radius 1 is 1.19 bits per heavy atom. The van der Waals surface area contributed by atoms with E-state index in [2.05, 4.69) is 41.4 Å². The molecule has 0 aromatic heterocycles. The van der Waals surface area contributed by atoms with E-state index in [1.165, 1.54) is 11.1 Å². The molecular formula is C21H31N3O3. The molecule has 0 aliphatic carbocycles. The van der Waals surface area contributed by atoms with Crippen molar-refractivity contribution in [2.75, 3.05) is 26.2 Å². The second-order valence-electron chi connectivity index (χ2n) is 8.21. The van der Waals surface area contributed by atoms with E-state index in [1.807, 2.05) is 6.92 Å². The van der Waals surface area contributed by atoms with E-state index in [0.717, 1.165) is 32.5 Å². The first-order valence-corrected chi connectivity index (χ1v) is 9.97. The molecule has 2 fully saturated rings. The Labute approximate surface area is 161 Å². The van der Waals surface area contributed by atoms with E-state index in [9.17, 15) is 14.7 Å². The Kier molecular flexibility index (Phi) is 6.37. The fourth-order valence-corrected chi connectivity index (χ4v) is 4.23. The van der Waals surface area contributed by atoms with Crippen LogP contribution in [-0.2, 0) is 11.3 Å². The van der Waals surface area contributed by atoms with Crippen molar-refractivity contribution in [2.45, 2.75) is 45.7 Å². The largest absolute Gasteiger partial charge is 0.481 e. The number of hydrogen-bond donors (Lipinski definition) is 2. The number of hydrogen-bond acceptors (Lipinski definition) is 3. The lowest BCUT2D eigenvalue weighted by Gasteiger charge is -2.37. The normalized spacial score (nSPS) is 24.6. The van der Waals surface area contributed by atoms with E-state index in [-0.39, 0.29) is 18.0 Å². The van der Waals surface area contributed by atoms with Gasteiger partial charge in [-0.15, -0.1) is 0 Å². The summed E-state index contributed by atoms with van der Waals surface area (Å²) in [4.78, 5) is 28.0. The highest BCUT2D eigenvalue weighted by Crippen LogP contribution is 2.22. The van der Waals surface area contributed by atoms with Crippen LogP contribution in [0.5, 0.6) is 0 Å². The highest BCUT2D eigenvalue weighted by Gasteiger charge is 2.33. The molecule has 27 heavy (non-hydrogen) atoms. The number of rotatable bonds is 4. The van der Waals surface area contributed by atoms with Gasteiger partial charge in [-0.25, -0.2) is 4.79 Å². The quantitative estimate of drug-likeness (QED) is 0.851. The summed E-state index contributed by atoms with van der Waals surface area (Å²) in [5.41, 5.74) is 2.68. The van der Waals surface area contributed by atoms with Gasteiger partial charge in [0.05, 0.1) is 5.92 Å². The number of nitrogens with one attached hydrogen (secondary N) is 1. The van der Waals surface area contributed by atoms with Gasteiger partial charge in [-0.2, -0.15) is 0 Å². The minimum absolute atomic E-state index is 0.106. The predicted molar refractivity (Wildman–Crippen MR) is 104 cm³/mol. The van der Waals surface area contributed by atoms with E-state index < -0.39 is 11.9 Å². The van der Waals surface area contributed by atoms with Gasteiger partial charge in [-0.05, 0) is 43.2 Å². The molecule has 0 saturated carbocycles. The number of benzene rings is 1. The molecule has 2 N–H and O–H groups in total. The molecule has 6 heteroatoms. The summed E-state index contributed by atoms with van der Waals surface area (Å²) in [6.07, 6.45) is 2.52. The molecule has 2 atom stereocenters. The number of carboxylic acids is 1. The van der Waals surface area contributed by atoms with Crippen LogP contribution >= 0.6 is 0 Å². The van der Waals surface area contributed by atoms with E-state index >= 15 is 0 Å². The summed E-state index contributed by atoms with van der Waals surface area (Å²) in [6.45, 7) is 8.00. The molecule has 2 heterocycles. The maximum atomic E-state index is 12.6. The van der Waals surface area contributed by atoms with Crippen molar-refractivity contribution in [3.05, 3.63) is 35.4 Å². The zero-order chi connectivity index (χ0) is 19.4. The molecule has 0 radical (unpaired) electrons. The number of piperidine rings is 2. The van der Waals surface area contributed by atoms with Crippen LogP contribution in [0.3, 0.4) is 0 Å². The molecule has 1 aromatic carbocycles. The molecule has 2 amide bonds. The molecule has 2 unspecified atom stereocenters. The van der Waals surface area contributed by atoms with Gasteiger partial charge in [0.15, 0.2) is 0 Å². The SMILES string of the molecule is Cc1ccccc1CN1CCC(NC(=O)N2CC(C)CC(C(=O)O)C2)CC1. The number of aryl methyl sites for hydroxylation is 1. The van der Waals surface area contributed by atoms with Crippen molar-refractivity contribution in [1.29, 1.82) is 0 Å². The van der Waals surface area contributed by atoms with Crippen molar-refractivity contribution >= 4 is 12.0 Å². The van der Waals surface area contributed by atoms with Crippen molar-refractivity contribution in [1.82, 2.24) is 15.1 Å². The molecule has 148 valence electrons. The predicted octanol–water partition coefficient (Wildman–Crippen LogP) is 2.71. The Morgan fingerprint density at radius 3 is 2.56 bits per heavy atom. The summed E-state index contributed by atoms with van der Waals surface area (Å²) >= 11 is 0. The van der Waals surface area contributed by atoms with Crippen LogP contribution in [0.2, 0.25) is 0 Å². The van der Waals surface area contributed by atoms with Crippen LogP contribution < -0.4 is 5.32 Å².